The van der Waals surface area contributed by atoms with Crippen molar-refractivity contribution in [2.45, 2.75) is 10.6 Å². The summed E-state index contributed by atoms with van der Waals surface area (Å²) in [6, 6.07) is 7.40. The third-order valence-corrected chi connectivity index (χ3v) is 3.08. The Balaban J connectivity index is 2.61. The highest BCUT2D eigenvalue weighted by atomic mass is 79.9. The topological polar surface area (TPSA) is 40.5 Å². The third kappa shape index (κ3) is 1.33. The maximum atomic E-state index is 9.91. The third-order valence-electron chi connectivity index (χ3n) is 2.19. The molecule has 2 atom stereocenters. The predicted octanol–water partition coefficient (Wildman–Crippen LogP) is 1.61. The first-order chi connectivity index (χ1) is 6.12. The van der Waals surface area contributed by atoms with Gasteiger partial charge in [0.1, 0.15) is 6.10 Å². The highest BCUT2D eigenvalue weighted by Gasteiger charge is 2.36. The number of halogens is 1. The maximum absolute atomic E-state index is 9.91. The molecule has 0 aromatic heterocycles. The summed E-state index contributed by atoms with van der Waals surface area (Å²) in [7, 11) is 0. The molecule has 0 fully saturated rings. The quantitative estimate of drug-likeness (QED) is 0.677. The van der Waals surface area contributed by atoms with E-state index in [1.807, 2.05) is 18.2 Å². The molecule has 2 unspecified atom stereocenters. The van der Waals surface area contributed by atoms with E-state index in [4.69, 9.17) is 0 Å². The van der Waals surface area contributed by atoms with Crippen molar-refractivity contribution in [3.8, 4) is 0 Å². The average Bonchev–Trinajstić information content (AvgIpc) is 2.13. The van der Waals surface area contributed by atoms with Gasteiger partial charge in [0.25, 0.3) is 0 Å². The lowest BCUT2D eigenvalue weighted by Crippen LogP contribution is -2.34. The highest BCUT2D eigenvalue weighted by Crippen LogP contribution is 2.38. The minimum Gasteiger partial charge on any atom is -0.385 e. The van der Waals surface area contributed by atoms with E-state index in [-0.39, 0.29) is 0 Å². The van der Waals surface area contributed by atoms with Crippen LogP contribution in [0.4, 0.5) is 0 Å². The number of hydrogen-bond acceptors (Lipinski definition) is 2. The van der Waals surface area contributed by atoms with Crippen molar-refractivity contribution in [3.63, 3.8) is 0 Å². The van der Waals surface area contributed by atoms with Crippen LogP contribution >= 0.6 is 15.9 Å². The molecule has 0 aliphatic heterocycles. The number of benzene rings is 1. The van der Waals surface area contributed by atoms with Gasteiger partial charge in [-0.05, 0) is 21.5 Å². The molecule has 1 aromatic rings. The van der Waals surface area contributed by atoms with Gasteiger partial charge in [-0.25, -0.2) is 0 Å². The van der Waals surface area contributed by atoms with E-state index in [2.05, 4.69) is 15.9 Å². The molecule has 0 bridgehead atoms. The standard InChI is InChI=1S/C10H9BrO2/c11-10(13)8-4-2-1-3-7(8)5-6-9(10)12/h1-6,9,12-13H. The van der Waals surface area contributed by atoms with Gasteiger partial charge in [0.2, 0.25) is 0 Å². The molecule has 0 saturated heterocycles. The summed E-state index contributed by atoms with van der Waals surface area (Å²) >= 11 is 3.11. The van der Waals surface area contributed by atoms with Crippen molar-refractivity contribution in [1.82, 2.24) is 0 Å². The number of aliphatic hydroxyl groups is 2. The molecule has 0 radical (unpaired) electrons. The van der Waals surface area contributed by atoms with Crippen LogP contribution in [0.1, 0.15) is 11.1 Å². The molecule has 0 spiro atoms. The van der Waals surface area contributed by atoms with Crippen molar-refractivity contribution in [2.75, 3.05) is 0 Å². The van der Waals surface area contributed by atoms with Gasteiger partial charge in [0.05, 0.1) is 0 Å². The van der Waals surface area contributed by atoms with Crippen LogP contribution in [0, 0.1) is 0 Å². The number of aliphatic hydroxyl groups excluding tert-OH is 1. The molecule has 0 amide bonds. The molecule has 0 saturated carbocycles. The van der Waals surface area contributed by atoms with Gasteiger partial charge in [0.15, 0.2) is 4.51 Å². The smallest absolute Gasteiger partial charge is 0.175 e. The van der Waals surface area contributed by atoms with E-state index >= 15 is 0 Å². The summed E-state index contributed by atoms with van der Waals surface area (Å²) in [6.07, 6.45) is 2.47. The Morgan fingerprint density at radius 2 is 2.00 bits per heavy atom. The van der Waals surface area contributed by atoms with Crippen LogP contribution in [0.3, 0.4) is 0 Å². The van der Waals surface area contributed by atoms with Crippen LogP contribution in [0.2, 0.25) is 0 Å². The van der Waals surface area contributed by atoms with E-state index in [0.717, 1.165) is 5.56 Å². The molecule has 2 rings (SSSR count). The summed E-state index contributed by atoms with van der Waals surface area (Å²) < 4.78 is -1.35. The van der Waals surface area contributed by atoms with Gasteiger partial charge < -0.3 is 10.2 Å². The Hall–Kier alpha value is -0.640. The predicted molar refractivity (Wildman–Crippen MR) is 54.3 cm³/mol. The Bertz CT molecular complexity index is 358. The fourth-order valence-electron chi connectivity index (χ4n) is 1.44. The van der Waals surface area contributed by atoms with Crippen LogP contribution in [0.15, 0.2) is 30.3 Å². The molecular weight excluding hydrogens is 232 g/mol. The molecule has 1 aliphatic rings. The molecule has 0 heterocycles. The van der Waals surface area contributed by atoms with Gasteiger partial charge in [-0.3, -0.25) is 0 Å². The zero-order valence-corrected chi connectivity index (χ0v) is 8.40. The summed E-state index contributed by atoms with van der Waals surface area (Å²) in [5.74, 6) is 0. The lowest BCUT2D eigenvalue weighted by atomic mass is 9.93. The highest BCUT2D eigenvalue weighted by molar-refractivity contribution is 9.09. The van der Waals surface area contributed by atoms with E-state index in [1.54, 1.807) is 18.2 Å². The molecule has 1 aromatic carbocycles. The molecule has 1 aliphatic carbocycles. The Kier molecular flexibility index (Phi) is 2.02. The van der Waals surface area contributed by atoms with Gasteiger partial charge in [-0.1, -0.05) is 36.4 Å². The molecule has 13 heavy (non-hydrogen) atoms. The SMILES string of the molecule is OC1C=Cc2ccccc2C1(O)Br. The first kappa shape index (κ1) is 8.94. The van der Waals surface area contributed by atoms with E-state index in [9.17, 15) is 10.2 Å². The fourth-order valence-corrected chi connectivity index (χ4v) is 1.96. The van der Waals surface area contributed by atoms with Crippen molar-refractivity contribution in [1.29, 1.82) is 0 Å². The lowest BCUT2D eigenvalue weighted by molar-refractivity contribution is 0.0228. The van der Waals surface area contributed by atoms with Crippen LogP contribution in [0.5, 0.6) is 0 Å². The van der Waals surface area contributed by atoms with E-state index < -0.39 is 10.6 Å². The maximum Gasteiger partial charge on any atom is 0.175 e. The fraction of sp³-hybridized carbons (Fsp3) is 0.200. The summed E-state index contributed by atoms with van der Waals surface area (Å²) in [6.45, 7) is 0. The number of alkyl halides is 1. The zero-order valence-electron chi connectivity index (χ0n) is 6.81. The second-order valence-corrected chi connectivity index (χ2v) is 4.27. The van der Waals surface area contributed by atoms with Crippen molar-refractivity contribution >= 4 is 22.0 Å². The second kappa shape index (κ2) is 2.94. The summed E-state index contributed by atoms with van der Waals surface area (Å²) in [4.78, 5) is 0. The molecule has 68 valence electrons. The average molecular weight is 241 g/mol. The normalized spacial score (nSPS) is 31.5. The minimum absolute atomic E-state index is 0.699. The molecule has 2 N–H and O–H groups in total. The van der Waals surface area contributed by atoms with Crippen LogP contribution in [-0.4, -0.2) is 16.3 Å². The van der Waals surface area contributed by atoms with Crippen LogP contribution in [0.25, 0.3) is 6.08 Å². The summed E-state index contributed by atoms with van der Waals surface area (Å²) in [5, 5.41) is 19.4. The monoisotopic (exact) mass is 240 g/mol. The largest absolute Gasteiger partial charge is 0.385 e. The van der Waals surface area contributed by atoms with E-state index in [0.29, 0.717) is 5.56 Å². The first-order valence-electron chi connectivity index (χ1n) is 3.99. The van der Waals surface area contributed by atoms with Crippen LogP contribution in [-0.2, 0) is 4.51 Å². The van der Waals surface area contributed by atoms with Gasteiger partial charge >= 0.3 is 0 Å². The van der Waals surface area contributed by atoms with Gasteiger partial charge in [-0.2, -0.15) is 0 Å². The molecule has 3 heteroatoms. The number of hydrogen-bond donors (Lipinski definition) is 2. The molecular formula is C10H9BrO2. The molecule has 2 nitrogen and oxygen atoms in total. The Labute approximate surface area is 84.7 Å². The Morgan fingerprint density at radius 3 is 2.77 bits per heavy atom. The van der Waals surface area contributed by atoms with Gasteiger partial charge in [-0.15, -0.1) is 0 Å². The van der Waals surface area contributed by atoms with Crippen molar-refractivity contribution in [3.05, 3.63) is 41.5 Å². The second-order valence-electron chi connectivity index (χ2n) is 3.06. The summed E-state index contributed by atoms with van der Waals surface area (Å²) in [5.41, 5.74) is 1.62. The van der Waals surface area contributed by atoms with Crippen molar-refractivity contribution in [2.24, 2.45) is 0 Å². The number of rotatable bonds is 0. The first-order valence-corrected chi connectivity index (χ1v) is 4.79. The van der Waals surface area contributed by atoms with E-state index in [1.165, 1.54) is 0 Å². The minimum atomic E-state index is -1.35. The number of fused-ring (bicyclic) bond motifs is 1. The van der Waals surface area contributed by atoms with Gasteiger partial charge in [0, 0.05) is 5.56 Å². The zero-order chi connectivity index (χ0) is 9.47. The Morgan fingerprint density at radius 1 is 1.31 bits per heavy atom. The van der Waals surface area contributed by atoms with Crippen molar-refractivity contribution < 1.29 is 10.2 Å². The lowest BCUT2D eigenvalue weighted by Gasteiger charge is -2.30. The van der Waals surface area contributed by atoms with Crippen LogP contribution < -0.4 is 0 Å².